The average molecular weight is 233 g/mol. The fourth-order valence-corrected chi connectivity index (χ4v) is 2.99. The standard InChI is InChI=1S/C14H23N3/c1-9-4-7-13(11(9)3)16-14-15-10(2)8-17(14)12-5-6-12/h8-9,11-13H,4-7H2,1-3H3,(H,15,16). The molecule has 94 valence electrons. The van der Waals surface area contributed by atoms with Crippen molar-refractivity contribution in [2.24, 2.45) is 11.8 Å². The van der Waals surface area contributed by atoms with Crippen molar-refractivity contribution in [1.82, 2.24) is 9.55 Å². The van der Waals surface area contributed by atoms with Gasteiger partial charge in [-0.05, 0) is 44.4 Å². The summed E-state index contributed by atoms with van der Waals surface area (Å²) in [4.78, 5) is 4.65. The largest absolute Gasteiger partial charge is 0.353 e. The Morgan fingerprint density at radius 1 is 1.24 bits per heavy atom. The summed E-state index contributed by atoms with van der Waals surface area (Å²) in [7, 11) is 0. The van der Waals surface area contributed by atoms with E-state index in [1.807, 2.05) is 0 Å². The summed E-state index contributed by atoms with van der Waals surface area (Å²) in [5, 5.41) is 3.68. The molecule has 0 aromatic carbocycles. The second kappa shape index (κ2) is 4.04. The average Bonchev–Trinajstić information content (AvgIpc) is 3.01. The molecule has 1 aromatic heterocycles. The number of aryl methyl sites for hydroxylation is 1. The van der Waals surface area contributed by atoms with Crippen LogP contribution in [0.1, 0.15) is 51.3 Å². The number of nitrogens with one attached hydrogen (secondary N) is 1. The number of hydrogen-bond donors (Lipinski definition) is 1. The van der Waals surface area contributed by atoms with Crippen LogP contribution in [0.25, 0.3) is 0 Å². The molecule has 2 aliphatic rings. The van der Waals surface area contributed by atoms with Crippen LogP contribution in [0.3, 0.4) is 0 Å². The first-order valence-corrected chi connectivity index (χ1v) is 6.97. The molecular weight excluding hydrogens is 210 g/mol. The van der Waals surface area contributed by atoms with Crippen LogP contribution in [0.5, 0.6) is 0 Å². The summed E-state index contributed by atoms with van der Waals surface area (Å²) in [6.45, 7) is 6.82. The number of rotatable bonds is 3. The zero-order valence-electron chi connectivity index (χ0n) is 11.1. The Hall–Kier alpha value is -0.990. The maximum atomic E-state index is 4.65. The van der Waals surface area contributed by atoms with Gasteiger partial charge in [0.2, 0.25) is 5.95 Å². The molecule has 3 rings (SSSR count). The molecule has 3 atom stereocenters. The van der Waals surface area contributed by atoms with Crippen LogP contribution >= 0.6 is 0 Å². The Morgan fingerprint density at radius 3 is 2.59 bits per heavy atom. The van der Waals surface area contributed by atoms with E-state index in [0.29, 0.717) is 12.1 Å². The molecule has 0 spiro atoms. The molecule has 3 unspecified atom stereocenters. The van der Waals surface area contributed by atoms with Crippen molar-refractivity contribution in [3.63, 3.8) is 0 Å². The smallest absolute Gasteiger partial charge is 0.203 e. The molecular formula is C14H23N3. The molecule has 3 heteroatoms. The van der Waals surface area contributed by atoms with Crippen molar-refractivity contribution in [3.8, 4) is 0 Å². The topological polar surface area (TPSA) is 29.9 Å². The highest BCUT2D eigenvalue weighted by molar-refractivity contribution is 5.32. The van der Waals surface area contributed by atoms with Crippen molar-refractivity contribution in [3.05, 3.63) is 11.9 Å². The molecule has 0 radical (unpaired) electrons. The van der Waals surface area contributed by atoms with Gasteiger partial charge in [0.05, 0.1) is 5.69 Å². The minimum atomic E-state index is 0.615. The lowest BCUT2D eigenvalue weighted by Gasteiger charge is -2.20. The molecule has 0 bridgehead atoms. The van der Waals surface area contributed by atoms with E-state index < -0.39 is 0 Å². The number of nitrogens with zero attached hydrogens (tertiary/aromatic N) is 2. The first-order chi connectivity index (χ1) is 8.15. The molecule has 1 aromatic rings. The van der Waals surface area contributed by atoms with Crippen molar-refractivity contribution in [1.29, 1.82) is 0 Å². The van der Waals surface area contributed by atoms with E-state index in [2.05, 4.69) is 41.8 Å². The Kier molecular flexibility index (Phi) is 2.64. The van der Waals surface area contributed by atoms with Gasteiger partial charge in [0.25, 0.3) is 0 Å². The third-order valence-corrected chi connectivity index (χ3v) is 4.57. The highest BCUT2D eigenvalue weighted by Crippen LogP contribution is 2.39. The molecule has 2 saturated carbocycles. The van der Waals surface area contributed by atoms with E-state index in [1.165, 1.54) is 25.7 Å². The maximum Gasteiger partial charge on any atom is 0.203 e. The van der Waals surface area contributed by atoms with Gasteiger partial charge in [0.15, 0.2) is 0 Å². The molecule has 2 aliphatic carbocycles. The highest BCUT2D eigenvalue weighted by atomic mass is 15.2. The predicted molar refractivity (Wildman–Crippen MR) is 70.2 cm³/mol. The van der Waals surface area contributed by atoms with Gasteiger partial charge in [0.1, 0.15) is 0 Å². The van der Waals surface area contributed by atoms with E-state index in [-0.39, 0.29) is 0 Å². The van der Waals surface area contributed by atoms with Crippen LogP contribution in [0.4, 0.5) is 5.95 Å². The van der Waals surface area contributed by atoms with E-state index in [9.17, 15) is 0 Å². The molecule has 0 saturated heterocycles. The minimum absolute atomic E-state index is 0.615. The first-order valence-electron chi connectivity index (χ1n) is 6.97. The zero-order chi connectivity index (χ0) is 12.0. The van der Waals surface area contributed by atoms with E-state index in [1.54, 1.807) is 0 Å². The Balaban J connectivity index is 1.76. The lowest BCUT2D eigenvalue weighted by molar-refractivity contribution is 0.433. The zero-order valence-corrected chi connectivity index (χ0v) is 11.1. The third-order valence-electron chi connectivity index (χ3n) is 4.57. The van der Waals surface area contributed by atoms with Crippen molar-refractivity contribution >= 4 is 5.95 Å². The lowest BCUT2D eigenvalue weighted by Crippen LogP contribution is -2.25. The van der Waals surface area contributed by atoms with Gasteiger partial charge >= 0.3 is 0 Å². The Bertz CT molecular complexity index is 406. The van der Waals surface area contributed by atoms with Crippen LogP contribution in [-0.2, 0) is 0 Å². The molecule has 0 amide bonds. The van der Waals surface area contributed by atoms with Crippen LogP contribution < -0.4 is 5.32 Å². The van der Waals surface area contributed by atoms with E-state index in [4.69, 9.17) is 0 Å². The maximum absolute atomic E-state index is 4.65. The molecule has 1 heterocycles. The quantitative estimate of drug-likeness (QED) is 0.867. The molecule has 1 N–H and O–H groups in total. The fourth-order valence-electron chi connectivity index (χ4n) is 2.99. The van der Waals surface area contributed by atoms with Crippen LogP contribution in [0.15, 0.2) is 6.20 Å². The van der Waals surface area contributed by atoms with Gasteiger partial charge in [-0.3, -0.25) is 0 Å². The molecule has 17 heavy (non-hydrogen) atoms. The van der Waals surface area contributed by atoms with Gasteiger partial charge in [-0.15, -0.1) is 0 Å². The summed E-state index contributed by atoms with van der Waals surface area (Å²) in [5.74, 6) is 2.72. The molecule has 0 aliphatic heterocycles. The summed E-state index contributed by atoms with van der Waals surface area (Å²) in [5.41, 5.74) is 1.14. The lowest BCUT2D eigenvalue weighted by atomic mass is 9.98. The number of aromatic nitrogens is 2. The van der Waals surface area contributed by atoms with Crippen molar-refractivity contribution in [2.45, 2.75) is 58.5 Å². The fraction of sp³-hybridized carbons (Fsp3) is 0.786. The van der Waals surface area contributed by atoms with E-state index in [0.717, 1.165) is 23.5 Å². The van der Waals surface area contributed by atoms with Gasteiger partial charge in [-0.25, -0.2) is 4.98 Å². The predicted octanol–water partition coefficient (Wildman–Crippen LogP) is 3.37. The highest BCUT2D eigenvalue weighted by Gasteiger charge is 2.32. The van der Waals surface area contributed by atoms with Gasteiger partial charge < -0.3 is 9.88 Å². The Morgan fingerprint density at radius 2 is 2.00 bits per heavy atom. The van der Waals surface area contributed by atoms with Crippen LogP contribution in [-0.4, -0.2) is 15.6 Å². The second-order valence-corrected chi connectivity index (χ2v) is 6.01. The summed E-state index contributed by atoms with van der Waals surface area (Å²) >= 11 is 0. The normalized spacial score (nSPS) is 33.0. The monoisotopic (exact) mass is 233 g/mol. The first kappa shape index (κ1) is 11.1. The van der Waals surface area contributed by atoms with Gasteiger partial charge in [-0.1, -0.05) is 13.8 Å². The van der Waals surface area contributed by atoms with Crippen molar-refractivity contribution in [2.75, 3.05) is 5.32 Å². The summed E-state index contributed by atoms with van der Waals surface area (Å²) in [6.07, 6.45) is 7.48. The van der Waals surface area contributed by atoms with Gasteiger partial charge in [-0.2, -0.15) is 0 Å². The van der Waals surface area contributed by atoms with Gasteiger partial charge in [0, 0.05) is 18.3 Å². The molecule has 2 fully saturated rings. The van der Waals surface area contributed by atoms with Crippen LogP contribution in [0.2, 0.25) is 0 Å². The second-order valence-electron chi connectivity index (χ2n) is 6.01. The SMILES string of the molecule is Cc1cn(C2CC2)c(NC2CCC(C)C2C)n1. The van der Waals surface area contributed by atoms with E-state index >= 15 is 0 Å². The van der Waals surface area contributed by atoms with Crippen LogP contribution in [0, 0.1) is 18.8 Å². The summed E-state index contributed by atoms with van der Waals surface area (Å²) in [6, 6.07) is 1.33. The molecule has 3 nitrogen and oxygen atoms in total. The third kappa shape index (κ3) is 2.07. The summed E-state index contributed by atoms with van der Waals surface area (Å²) < 4.78 is 2.35. The Labute approximate surface area is 104 Å². The minimum Gasteiger partial charge on any atom is -0.353 e. The number of imidazole rings is 1. The number of anilines is 1. The van der Waals surface area contributed by atoms with Crippen molar-refractivity contribution < 1.29 is 0 Å². The number of hydrogen-bond acceptors (Lipinski definition) is 2.